The standard InChI is InChI=1S/C26H22N4O4/c1-16-7-4-10-22(18(16)3)34-25-21(26(32)30-11-5-8-17(2)23(30)29-25)13-19(14-27)24(31)28-15-20-9-6-12-33-20/h4-13H,15H2,1-3H3,(H,28,31). The number of hydrogen-bond acceptors (Lipinski definition) is 6. The largest absolute Gasteiger partial charge is 0.467 e. The molecule has 0 aliphatic heterocycles. The molecule has 4 aromatic rings. The monoisotopic (exact) mass is 454 g/mol. The number of carbonyl (C=O) groups is 1. The van der Waals surface area contributed by atoms with Crippen molar-refractivity contribution < 1.29 is 13.9 Å². The number of hydrogen-bond donors (Lipinski definition) is 1. The molecule has 0 radical (unpaired) electrons. The van der Waals surface area contributed by atoms with E-state index in [1.165, 1.54) is 16.7 Å². The fourth-order valence-electron chi connectivity index (χ4n) is 3.40. The summed E-state index contributed by atoms with van der Waals surface area (Å²) in [6, 6.07) is 14.4. The van der Waals surface area contributed by atoms with Crippen LogP contribution in [0.2, 0.25) is 0 Å². The molecule has 8 nitrogen and oxygen atoms in total. The van der Waals surface area contributed by atoms with Gasteiger partial charge in [-0.1, -0.05) is 18.2 Å². The zero-order valence-corrected chi connectivity index (χ0v) is 19.0. The van der Waals surface area contributed by atoms with Crippen LogP contribution in [0, 0.1) is 32.1 Å². The molecule has 0 aliphatic carbocycles. The lowest BCUT2D eigenvalue weighted by Gasteiger charge is -2.13. The van der Waals surface area contributed by atoms with E-state index < -0.39 is 11.5 Å². The van der Waals surface area contributed by atoms with Gasteiger partial charge in [-0.3, -0.25) is 14.0 Å². The summed E-state index contributed by atoms with van der Waals surface area (Å²) < 4.78 is 12.7. The Hall–Kier alpha value is -4.64. The third-order valence-corrected chi connectivity index (χ3v) is 5.47. The molecular formula is C26H22N4O4. The molecule has 3 heterocycles. The highest BCUT2D eigenvalue weighted by atomic mass is 16.5. The summed E-state index contributed by atoms with van der Waals surface area (Å²) in [6.45, 7) is 5.79. The van der Waals surface area contributed by atoms with Crippen LogP contribution in [0.1, 0.15) is 28.0 Å². The van der Waals surface area contributed by atoms with Gasteiger partial charge in [0.1, 0.15) is 34.4 Å². The van der Waals surface area contributed by atoms with Gasteiger partial charge in [-0.25, -0.2) is 0 Å². The first-order valence-electron chi connectivity index (χ1n) is 10.6. The minimum Gasteiger partial charge on any atom is -0.467 e. The Balaban J connectivity index is 1.82. The number of aromatic nitrogens is 2. The summed E-state index contributed by atoms with van der Waals surface area (Å²) in [6.07, 6.45) is 4.28. The van der Waals surface area contributed by atoms with Crippen molar-refractivity contribution in [1.29, 1.82) is 5.26 Å². The molecule has 0 fully saturated rings. The van der Waals surface area contributed by atoms with E-state index >= 15 is 0 Å². The minimum atomic E-state index is -0.648. The normalized spacial score (nSPS) is 11.3. The molecule has 1 aromatic carbocycles. The van der Waals surface area contributed by atoms with Gasteiger partial charge in [-0.05, 0) is 67.8 Å². The van der Waals surface area contributed by atoms with E-state index in [1.807, 2.05) is 45.0 Å². The Kier molecular flexibility index (Phi) is 6.28. The number of benzene rings is 1. The Bertz CT molecular complexity index is 1510. The smallest absolute Gasteiger partial charge is 0.269 e. The highest BCUT2D eigenvalue weighted by Gasteiger charge is 2.19. The Morgan fingerprint density at radius 1 is 1.18 bits per heavy atom. The SMILES string of the molecule is Cc1cccc(Oc2nc3c(C)cccn3c(=O)c2C=C(C#N)C(=O)NCc2ccco2)c1C. The number of rotatable bonds is 6. The number of nitrogens with zero attached hydrogens (tertiary/aromatic N) is 3. The number of nitrogens with one attached hydrogen (secondary N) is 1. The quantitative estimate of drug-likeness (QED) is 0.345. The number of nitriles is 1. The van der Waals surface area contributed by atoms with E-state index in [-0.39, 0.29) is 23.6 Å². The number of fused-ring (bicyclic) bond motifs is 1. The second-order valence-electron chi connectivity index (χ2n) is 7.75. The lowest BCUT2D eigenvalue weighted by Crippen LogP contribution is -2.25. The predicted octanol–water partition coefficient (Wildman–Crippen LogP) is 4.23. The van der Waals surface area contributed by atoms with E-state index in [9.17, 15) is 14.9 Å². The summed E-state index contributed by atoms with van der Waals surface area (Å²) in [5, 5.41) is 12.3. The maximum Gasteiger partial charge on any atom is 0.269 e. The summed E-state index contributed by atoms with van der Waals surface area (Å²) in [5.74, 6) is 0.428. The fraction of sp³-hybridized carbons (Fsp3) is 0.154. The van der Waals surface area contributed by atoms with Crippen LogP contribution in [0.4, 0.5) is 0 Å². The molecule has 0 saturated carbocycles. The molecule has 1 N–H and O–H groups in total. The zero-order valence-electron chi connectivity index (χ0n) is 19.0. The fourth-order valence-corrected chi connectivity index (χ4v) is 3.40. The van der Waals surface area contributed by atoms with Crippen LogP contribution >= 0.6 is 0 Å². The van der Waals surface area contributed by atoms with Crippen LogP contribution < -0.4 is 15.6 Å². The van der Waals surface area contributed by atoms with Crippen LogP contribution in [0.3, 0.4) is 0 Å². The van der Waals surface area contributed by atoms with Gasteiger partial charge in [0.25, 0.3) is 11.5 Å². The van der Waals surface area contributed by atoms with Crippen LogP contribution in [-0.4, -0.2) is 15.3 Å². The van der Waals surface area contributed by atoms with E-state index in [1.54, 1.807) is 30.5 Å². The van der Waals surface area contributed by atoms with Gasteiger partial charge in [0, 0.05) is 6.20 Å². The van der Waals surface area contributed by atoms with Crippen LogP contribution in [0.15, 0.2) is 69.7 Å². The summed E-state index contributed by atoms with van der Waals surface area (Å²) in [7, 11) is 0. The number of carbonyl (C=O) groups excluding carboxylic acids is 1. The first kappa shape index (κ1) is 22.6. The first-order valence-corrected chi connectivity index (χ1v) is 10.6. The number of aryl methyl sites for hydroxylation is 2. The highest BCUT2D eigenvalue weighted by molar-refractivity contribution is 6.01. The zero-order chi connectivity index (χ0) is 24.2. The van der Waals surface area contributed by atoms with E-state index in [2.05, 4.69) is 10.3 Å². The molecular weight excluding hydrogens is 432 g/mol. The van der Waals surface area contributed by atoms with E-state index in [0.717, 1.165) is 16.7 Å². The average Bonchev–Trinajstić information content (AvgIpc) is 3.35. The third kappa shape index (κ3) is 4.45. The Labute approximate surface area is 195 Å². The van der Waals surface area contributed by atoms with Crippen molar-refractivity contribution in [2.24, 2.45) is 0 Å². The predicted molar refractivity (Wildman–Crippen MR) is 126 cm³/mol. The van der Waals surface area contributed by atoms with E-state index in [0.29, 0.717) is 17.2 Å². The van der Waals surface area contributed by atoms with Gasteiger partial charge in [-0.2, -0.15) is 10.2 Å². The number of pyridine rings is 1. The molecule has 4 rings (SSSR count). The number of ether oxygens (including phenoxy) is 1. The second kappa shape index (κ2) is 9.46. The van der Waals surface area contributed by atoms with Crippen molar-refractivity contribution in [2.45, 2.75) is 27.3 Å². The van der Waals surface area contributed by atoms with Gasteiger partial charge >= 0.3 is 0 Å². The molecule has 0 aliphatic rings. The summed E-state index contributed by atoms with van der Waals surface area (Å²) in [5.41, 5.74) is 2.38. The second-order valence-corrected chi connectivity index (χ2v) is 7.75. The highest BCUT2D eigenvalue weighted by Crippen LogP contribution is 2.28. The van der Waals surface area contributed by atoms with Crippen molar-refractivity contribution >= 4 is 17.6 Å². The van der Waals surface area contributed by atoms with Gasteiger partial charge in [-0.15, -0.1) is 0 Å². The molecule has 0 spiro atoms. The summed E-state index contributed by atoms with van der Waals surface area (Å²) in [4.78, 5) is 30.6. The lowest BCUT2D eigenvalue weighted by atomic mass is 10.1. The van der Waals surface area contributed by atoms with Gasteiger partial charge < -0.3 is 14.5 Å². The molecule has 8 heteroatoms. The van der Waals surface area contributed by atoms with Crippen molar-refractivity contribution in [3.8, 4) is 17.7 Å². The van der Waals surface area contributed by atoms with Crippen LogP contribution in [0.5, 0.6) is 11.6 Å². The lowest BCUT2D eigenvalue weighted by molar-refractivity contribution is -0.117. The molecule has 3 aromatic heterocycles. The van der Waals surface area contributed by atoms with Gasteiger partial charge in [0.2, 0.25) is 5.88 Å². The molecule has 170 valence electrons. The van der Waals surface area contributed by atoms with Crippen molar-refractivity contribution in [2.75, 3.05) is 0 Å². The minimum absolute atomic E-state index is 0.00583. The summed E-state index contributed by atoms with van der Waals surface area (Å²) >= 11 is 0. The molecule has 1 amide bonds. The molecule has 0 saturated heterocycles. The van der Waals surface area contributed by atoms with Crippen molar-refractivity contribution in [1.82, 2.24) is 14.7 Å². The first-order chi connectivity index (χ1) is 16.4. The average molecular weight is 454 g/mol. The molecule has 0 bridgehead atoms. The van der Waals surface area contributed by atoms with Crippen LogP contribution in [-0.2, 0) is 11.3 Å². The molecule has 34 heavy (non-hydrogen) atoms. The number of amides is 1. The van der Waals surface area contributed by atoms with E-state index in [4.69, 9.17) is 9.15 Å². The Morgan fingerprint density at radius 3 is 2.71 bits per heavy atom. The topological polar surface area (TPSA) is 110 Å². The van der Waals surface area contributed by atoms with Crippen LogP contribution in [0.25, 0.3) is 11.7 Å². The third-order valence-electron chi connectivity index (χ3n) is 5.47. The maximum absolute atomic E-state index is 13.4. The maximum atomic E-state index is 13.4. The van der Waals surface area contributed by atoms with Gasteiger partial charge in [0.15, 0.2) is 0 Å². The van der Waals surface area contributed by atoms with Gasteiger partial charge in [0.05, 0.1) is 12.8 Å². The molecule has 0 atom stereocenters. The number of furan rings is 1. The Morgan fingerprint density at radius 2 is 1.97 bits per heavy atom. The van der Waals surface area contributed by atoms with Crippen molar-refractivity contribution in [3.63, 3.8) is 0 Å². The molecule has 0 unspecified atom stereocenters. The van der Waals surface area contributed by atoms with Crippen molar-refractivity contribution in [3.05, 3.63) is 98.9 Å².